The van der Waals surface area contributed by atoms with Crippen molar-refractivity contribution in [1.29, 1.82) is 0 Å². The second-order valence-corrected chi connectivity index (χ2v) is 2.86. The fraction of sp³-hybridized carbons (Fsp3) is 0.714. The third-order valence-corrected chi connectivity index (χ3v) is 1.85. The zero-order chi connectivity index (χ0) is 9.84. The number of carbonyl (C=O) groups is 2. The first-order valence-electron chi connectivity index (χ1n) is 4.06. The van der Waals surface area contributed by atoms with Gasteiger partial charge in [-0.15, -0.1) is 0 Å². The minimum atomic E-state index is -0.843. The highest BCUT2D eigenvalue weighted by atomic mass is 16.5. The maximum atomic E-state index is 11.3. The van der Waals surface area contributed by atoms with E-state index < -0.39 is 18.0 Å². The lowest BCUT2D eigenvalue weighted by Crippen LogP contribution is -2.57. The summed E-state index contributed by atoms with van der Waals surface area (Å²) in [6, 6.07) is -1.34. The number of imide groups is 1. The molecule has 0 bridgehead atoms. The standard InChI is InChI=1S/C7H13N3O3/c1-4-5(9-2-3-13-4)6(11)10-7(8)12/h4-5,9H,2-3H2,1H3,(H3,8,10,11,12). The zero-order valence-corrected chi connectivity index (χ0v) is 7.37. The Labute approximate surface area is 75.8 Å². The van der Waals surface area contributed by atoms with Crippen molar-refractivity contribution in [2.24, 2.45) is 5.73 Å². The molecule has 0 aromatic carbocycles. The van der Waals surface area contributed by atoms with Crippen molar-refractivity contribution in [2.45, 2.75) is 19.1 Å². The van der Waals surface area contributed by atoms with E-state index in [4.69, 9.17) is 10.5 Å². The summed E-state index contributed by atoms with van der Waals surface area (Å²) in [6.45, 7) is 2.93. The van der Waals surface area contributed by atoms with Crippen molar-refractivity contribution in [3.8, 4) is 0 Å². The van der Waals surface area contributed by atoms with Crippen LogP contribution in [0.25, 0.3) is 0 Å². The molecule has 3 amide bonds. The van der Waals surface area contributed by atoms with E-state index in [-0.39, 0.29) is 6.10 Å². The Morgan fingerprint density at radius 3 is 2.85 bits per heavy atom. The van der Waals surface area contributed by atoms with E-state index in [1.165, 1.54) is 0 Å². The van der Waals surface area contributed by atoms with Gasteiger partial charge in [-0.1, -0.05) is 0 Å². The fourth-order valence-corrected chi connectivity index (χ4v) is 1.23. The smallest absolute Gasteiger partial charge is 0.318 e. The van der Waals surface area contributed by atoms with Gasteiger partial charge in [-0.3, -0.25) is 10.1 Å². The van der Waals surface area contributed by atoms with Gasteiger partial charge in [0.25, 0.3) is 0 Å². The number of nitrogens with one attached hydrogen (secondary N) is 2. The number of hydrogen-bond acceptors (Lipinski definition) is 4. The minimum Gasteiger partial charge on any atom is -0.375 e. The topological polar surface area (TPSA) is 93.4 Å². The van der Waals surface area contributed by atoms with Gasteiger partial charge in [0.2, 0.25) is 5.91 Å². The summed E-state index contributed by atoms with van der Waals surface area (Å²) in [5.74, 6) is -0.445. The molecule has 6 nitrogen and oxygen atoms in total. The van der Waals surface area contributed by atoms with Crippen LogP contribution in [0.4, 0.5) is 4.79 Å². The second kappa shape index (κ2) is 4.20. The second-order valence-electron chi connectivity index (χ2n) is 2.86. The van der Waals surface area contributed by atoms with Gasteiger partial charge in [0.15, 0.2) is 0 Å². The lowest BCUT2D eigenvalue weighted by molar-refractivity contribution is -0.127. The number of morpholine rings is 1. The zero-order valence-electron chi connectivity index (χ0n) is 7.37. The van der Waals surface area contributed by atoms with E-state index in [1.54, 1.807) is 6.92 Å². The molecule has 74 valence electrons. The number of urea groups is 1. The number of amides is 3. The number of ether oxygens (including phenoxy) is 1. The highest BCUT2D eigenvalue weighted by Crippen LogP contribution is 2.03. The van der Waals surface area contributed by atoms with Gasteiger partial charge < -0.3 is 15.8 Å². The largest absolute Gasteiger partial charge is 0.375 e. The van der Waals surface area contributed by atoms with E-state index in [2.05, 4.69) is 5.32 Å². The molecule has 1 aliphatic rings. The summed E-state index contributed by atoms with van der Waals surface area (Å²) in [7, 11) is 0. The average molecular weight is 187 g/mol. The predicted molar refractivity (Wildman–Crippen MR) is 44.9 cm³/mol. The van der Waals surface area contributed by atoms with Crippen LogP contribution in [0, 0.1) is 0 Å². The van der Waals surface area contributed by atoms with Gasteiger partial charge in [-0.05, 0) is 6.92 Å². The van der Waals surface area contributed by atoms with Crippen molar-refractivity contribution < 1.29 is 14.3 Å². The van der Waals surface area contributed by atoms with Crippen molar-refractivity contribution in [2.75, 3.05) is 13.2 Å². The minimum absolute atomic E-state index is 0.243. The highest BCUT2D eigenvalue weighted by molar-refractivity contribution is 5.96. The molecular weight excluding hydrogens is 174 g/mol. The molecule has 1 fully saturated rings. The Morgan fingerprint density at radius 1 is 1.62 bits per heavy atom. The van der Waals surface area contributed by atoms with Gasteiger partial charge in [0.05, 0.1) is 12.7 Å². The fourth-order valence-electron chi connectivity index (χ4n) is 1.23. The molecule has 0 radical (unpaired) electrons. The van der Waals surface area contributed by atoms with Crippen molar-refractivity contribution in [3.05, 3.63) is 0 Å². The van der Waals surface area contributed by atoms with Crippen LogP contribution in [0.2, 0.25) is 0 Å². The number of hydrogen-bond donors (Lipinski definition) is 3. The van der Waals surface area contributed by atoms with Crippen molar-refractivity contribution >= 4 is 11.9 Å². The van der Waals surface area contributed by atoms with Crippen LogP contribution >= 0.6 is 0 Å². The molecule has 0 aliphatic carbocycles. The molecule has 4 N–H and O–H groups in total. The molecule has 6 heteroatoms. The molecule has 1 aliphatic heterocycles. The molecule has 2 atom stereocenters. The number of nitrogens with two attached hydrogens (primary N) is 1. The van der Waals surface area contributed by atoms with Gasteiger partial charge in [-0.25, -0.2) is 4.79 Å². The van der Waals surface area contributed by atoms with E-state index in [1.807, 2.05) is 5.32 Å². The van der Waals surface area contributed by atoms with E-state index in [0.717, 1.165) is 0 Å². The SMILES string of the molecule is CC1OCCNC1C(=O)NC(N)=O. The number of primary amides is 1. The molecular formula is C7H13N3O3. The Kier molecular flexibility index (Phi) is 3.21. The number of carbonyl (C=O) groups excluding carboxylic acids is 2. The summed E-state index contributed by atoms with van der Waals surface area (Å²) >= 11 is 0. The van der Waals surface area contributed by atoms with Crippen LogP contribution in [0.3, 0.4) is 0 Å². The quantitative estimate of drug-likeness (QED) is 0.468. The molecule has 0 saturated carbocycles. The maximum Gasteiger partial charge on any atom is 0.318 e. The Morgan fingerprint density at radius 2 is 2.31 bits per heavy atom. The lowest BCUT2D eigenvalue weighted by atomic mass is 10.1. The van der Waals surface area contributed by atoms with Crippen molar-refractivity contribution in [1.82, 2.24) is 10.6 Å². The summed E-state index contributed by atoms with van der Waals surface area (Å²) in [4.78, 5) is 21.6. The Hall–Kier alpha value is -1.14. The third-order valence-electron chi connectivity index (χ3n) is 1.85. The molecule has 0 spiro atoms. The van der Waals surface area contributed by atoms with E-state index in [9.17, 15) is 9.59 Å². The number of rotatable bonds is 1. The summed E-state index contributed by atoms with van der Waals surface area (Å²) in [5, 5.41) is 4.93. The van der Waals surface area contributed by atoms with Gasteiger partial charge in [-0.2, -0.15) is 0 Å². The van der Waals surface area contributed by atoms with Crippen molar-refractivity contribution in [3.63, 3.8) is 0 Å². The normalized spacial score (nSPS) is 28.1. The van der Waals surface area contributed by atoms with E-state index in [0.29, 0.717) is 13.2 Å². The van der Waals surface area contributed by atoms with Crippen LogP contribution in [0.1, 0.15) is 6.92 Å². The molecule has 0 aromatic heterocycles. The van der Waals surface area contributed by atoms with Gasteiger partial charge in [0, 0.05) is 6.54 Å². The first kappa shape index (κ1) is 9.94. The predicted octanol–water partition coefficient (Wildman–Crippen LogP) is -1.44. The summed E-state index contributed by atoms with van der Waals surface area (Å²) in [6.07, 6.45) is -0.243. The van der Waals surface area contributed by atoms with Crippen LogP contribution in [0.15, 0.2) is 0 Å². The first-order chi connectivity index (χ1) is 6.11. The summed E-state index contributed by atoms with van der Waals surface area (Å²) < 4.78 is 5.22. The van der Waals surface area contributed by atoms with Crippen LogP contribution in [-0.4, -0.2) is 37.2 Å². The Balaban J connectivity index is 2.48. The van der Waals surface area contributed by atoms with Gasteiger partial charge >= 0.3 is 6.03 Å². The van der Waals surface area contributed by atoms with Crippen LogP contribution < -0.4 is 16.4 Å². The Bertz CT molecular complexity index is 219. The van der Waals surface area contributed by atoms with Crippen LogP contribution in [0.5, 0.6) is 0 Å². The van der Waals surface area contributed by atoms with Gasteiger partial charge in [0.1, 0.15) is 6.04 Å². The lowest BCUT2D eigenvalue weighted by Gasteiger charge is -2.28. The maximum absolute atomic E-state index is 11.3. The monoisotopic (exact) mass is 187 g/mol. The molecule has 0 aromatic rings. The summed E-state index contributed by atoms with van der Waals surface area (Å²) in [5.41, 5.74) is 4.81. The average Bonchev–Trinajstić information content (AvgIpc) is 2.03. The third kappa shape index (κ3) is 2.67. The molecule has 1 rings (SSSR count). The molecule has 1 heterocycles. The van der Waals surface area contributed by atoms with E-state index >= 15 is 0 Å². The molecule has 1 saturated heterocycles. The van der Waals surface area contributed by atoms with Crippen LogP contribution in [-0.2, 0) is 9.53 Å². The molecule has 13 heavy (non-hydrogen) atoms. The highest BCUT2D eigenvalue weighted by Gasteiger charge is 2.28. The first-order valence-corrected chi connectivity index (χ1v) is 4.06. The molecule has 2 unspecified atom stereocenters.